The van der Waals surface area contributed by atoms with E-state index in [1.54, 1.807) is 0 Å². The molecular formula is C12H13NO. The molecule has 0 aromatic heterocycles. The molecule has 1 unspecified atom stereocenters. The number of amides is 1. The van der Waals surface area contributed by atoms with E-state index in [-0.39, 0.29) is 5.91 Å². The molecule has 1 amide bonds. The first-order chi connectivity index (χ1) is 6.77. The first kappa shape index (κ1) is 9.00. The molecule has 72 valence electrons. The second-order valence-electron chi connectivity index (χ2n) is 3.59. The van der Waals surface area contributed by atoms with E-state index in [1.807, 2.05) is 30.3 Å². The van der Waals surface area contributed by atoms with Gasteiger partial charge in [-0.15, -0.1) is 0 Å². The summed E-state index contributed by atoms with van der Waals surface area (Å²) in [5.74, 6) is 0.515. The minimum atomic E-state index is 0.0127. The molecule has 0 spiro atoms. The zero-order chi connectivity index (χ0) is 9.97. The summed E-state index contributed by atoms with van der Waals surface area (Å²) in [6.45, 7) is 2.82. The van der Waals surface area contributed by atoms with Crippen LogP contribution < -0.4 is 5.32 Å². The van der Waals surface area contributed by atoms with Gasteiger partial charge in [0, 0.05) is 18.0 Å². The van der Waals surface area contributed by atoms with Gasteiger partial charge in [0.05, 0.1) is 0 Å². The summed E-state index contributed by atoms with van der Waals surface area (Å²) in [5, 5.41) is 2.90. The molecule has 2 nitrogen and oxygen atoms in total. The molecule has 1 aliphatic carbocycles. The molecule has 0 bridgehead atoms. The largest absolute Gasteiger partial charge is 0.351 e. The Morgan fingerprint density at radius 2 is 2.00 bits per heavy atom. The Labute approximate surface area is 83.6 Å². The van der Waals surface area contributed by atoms with Crippen molar-refractivity contribution in [1.82, 2.24) is 5.32 Å². The summed E-state index contributed by atoms with van der Waals surface area (Å²) in [6, 6.07) is 9.29. The van der Waals surface area contributed by atoms with Crippen molar-refractivity contribution in [3.8, 4) is 0 Å². The minimum Gasteiger partial charge on any atom is -0.351 e. The summed E-state index contributed by atoms with van der Waals surface area (Å²) >= 11 is 0. The fourth-order valence-corrected chi connectivity index (χ4v) is 1.38. The highest BCUT2D eigenvalue weighted by Crippen LogP contribution is 2.26. The van der Waals surface area contributed by atoms with Crippen LogP contribution >= 0.6 is 0 Å². The molecule has 1 aromatic rings. The molecule has 1 N–H and O–H groups in total. The minimum absolute atomic E-state index is 0.0127. The summed E-state index contributed by atoms with van der Waals surface area (Å²) in [6.07, 6.45) is 2.16. The summed E-state index contributed by atoms with van der Waals surface area (Å²) < 4.78 is 0. The fourth-order valence-electron chi connectivity index (χ4n) is 1.38. The topological polar surface area (TPSA) is 29.1 Å². The van der Waals surface area contributed by atoms with Crippen LogP contribution in [-0.2, 0) is 0 Å². The third-order valence-corrected chi connectivity index (χ3v) is 2.46. The smallest absolute Gasteiger partial charge is 0.251 e. The van der Waals surface area contributed by atoms with Crippen molar-refractivity contribution >= 4 is 5.91 Å². The van der Waals surface area contributed by atoms with Gasteiger partial charge in [-0.25, -0.2) is 0 Å². The normalized spacial score (nSPS) is 18.6. The van der Waals surface area contributed by atoms with Crippen LogP contribution in [-0.4, -0.2) is 12.5 Å². The van der Waals surface area contributed by atoms with E-state index >= 15 is 0 Å². The standard InChI is InChI=1S/C12H13NO/c1-9-7-11(9)8-13-12(14)10-5-3-2-4-6-10/h2-7,11H,8H2,1H3,(H,13,14). The predicted octanol–water partition coefficient (Wildman–Crippen LogP) is 1.99. The SMILES string of the molecule is CC1=CC1CNC(=O)c1ccccc1. The van der Waals surface area contributed by atoms with E-state index in [1.165, 1.54) is 5.57 Å². The van der Waals surface area contributed by atoms with Gasteiger partial charge < -0.3 is 5.32 Å². The Kier molecular flexibility index (Phi) is 2.35. The first-order valence-electron chi connectivity index (χ1n) is 4.79. The summed E-state index contributed by atoms with van der Waals surface area (Å²) in [5.41, 5.74) is 2.10. The lowest BCUT2D eigenvalue weighted by molar-refractivity contribution is 0.0952. The van der Waals surface area contributed by atoms with Gasteiger partial charge in [0.25, 0.3) is 5.91 Å². The second-order valence-corrected chi connectivity index (χ2v) is 3.59. The lowest BCUT2D eigenvalue weighted by Crippen LogP contribution is -2.25. The molecule has 0 saturated heterocycles. The van der Waals surface area contributed by atoms with Crippen molar-refractivity contribution in [3.63, 3.8) is 0 Å². The van der Waals surface area contributed by atoms with Gasteiger partial charge in [0.1, 0.15) is 0 Å². The average molecular weight is 187 g/mol. The van der Waals surface area contributed by atoms with Crippen LogP contribution in [0, 0.1) is 5.92 Å². The molecule has 1 atom stereocenters. The van der Waals surface area contributed by atoms with Crippen molar-refractivity contribution in [3.05, 3.63) is 47.5 Å². The van der Waals surface area contributed by atoms with Crippen molar-refractivity contribution in [2.24, 2.45) is 5.92 Å². The highest BCUT2D eigenvalue weighted by molar-refractivity contribution is 5.94. The van der Waals surface area contributed by atoms with Crippen LogP contribution in [0.15, 0.2) is 42.0 Å². The quantitative estimate of drug-likeness (QED) is 0.720. The number of rotatable bonds is 3. The van der Waals surface area contributed by atoms with Crippen molar-refractivity contribution in [2.75, 3.05) is 6.54 Å². The van der Waals surface area contributed by atoms with E-state index in [2.05, 4.69) is 18.3 Å². The molecule has 14 heavy (non-hydrogen) atoms. The van der Waals surface area contributed by atoms with Crippen LogP contribution in [0.3, 0.4) is 0 Å². The lowest BCUT2D eigenvalue weighted by atomic mass is 10.2. The highest BCUT2D eigenvalue weighted by Gasteiger charge is 2.20. The molecule has 0 fully saturated rings. The molecule has 0 aliphatic heterocycles. The van der Waals surface area contributed by atoms with Crippen molar-refractivity contribution < 1.29 is 4.79 Å². The number of nitrogens with one attached hydrogen (secondary N) is 1. The van der Waals surface area contributed by atoms with E-state index < -0.39 is 0 Å². The van der Waals surface area contributed by atoms with Crippen LogP contribution in [0.1, 0.15) is 17.3 Å². The third-order valence-electron chi connectivity index (χ3n) is 2.46. The van der Waals surface area contributed by atoms with Crippen molar-refractivity contribution in [2.45, 2.75) is 6.92 Å². The Morgan fingerprint density at radius 1 is 1.36 bits per heavy atom. The average Bonchev–Trinajstić information content (AvgIpc) is 2.92. The first-order valence-corrected chi connectivity index (χ1v) is 4.79. The number of benzene rings is 1. The van der Waals surface area contributed by atoms with Gasteiger partial charge in [-0.2, -0.15) is 0 Å². The zero-order valence-electron chi connectivity index (χ0n) is 8.16. The van der Waals surface area contributed by atoms with Crippen LogP contribution in [0.25, 0.3) is 0 Å². The zero-order valence-corrected chi connectivity index (χ0v) is 8.16. The number of hydrogen-bond donors (Lipinski definition) is 1. The van der Waals surface area contributed by atoms with Gasteiger partial charge in [-0.3, -0.25) is 4.79 Å². The Bertz CT molecular complexity index is 367. The molecule has 0 saturated carbocycles. The summed E-state index contributed by atoms with van der Waals surface area (Å²) in [4.78, 5) is 11.5. The van der Waals surface area contributed by atoms with Crippen LogP contribution in [0.4, 0.5) is 0 Å². The molecule has 1 aromatic carbocycles. The highest BCUT2D eigenvalue weighted by atomic mass is 16.1. The third kappa shape index (κ3) is 2.02. The van der Waals surface area contributed by atoms with Crippen LogP contribution in [0.2, 0.25) is 0 Å². The number of carbonyl (C=O) groups is 1. The van der Waals surface area contributed by atoms with Gasteiger partial charge in [0.15, 0.2) is 0 Å². The summed E-state index contributed by atoms with van der Waals surface area (Å²) in [7, 11) is 0. The Hall–Kier alpha value is -1.57. The molecular weight excluding hydrogens is 174 g/mol. The van der Waals surface area contributed by atoms with Gasteiger partial charge >= 0.3 is 0 Å². The maximum absolute atomic E-state index is 11.5. The second kappa shape index (κ2) is 3.66. The number of carbonyl (C=O) groups excluding carboxylic acids is 1. The maximum atomic E-state index is 11.5. The lowest BCUT2D eigenvalue weighted by Gasteiger charge is -2.03. The maximum Gasteiger partial charge on any atom is 0.251 e. The van der Waals surface area contributed by atoms with E-state index in [9.17, 15) is 4.79 Å². The van der Waals surface area contributed by atoms with E-state index in [0.717, 1.165) is 12.1 Å². The monoisotopic (exact) mass is 187 g/mol. The van der Waals surface area contributed by atoms with Crippen molar-refractivity contribution in [1.29, 1.82) is 0 Å². The molecule has 2 heteroatoms. The van der Waals surface area contributed by atoms with E-state index in [4.69, 9.17) is 0 Å². The fraction of sp³-hybridized carbons (Fsp3) is 0.250. The molecule has 0 radical (unpaired) electrons. The van der Waals surface area contributed by atoms with Gasteiger partial charge in [-0.1, -0.05) is 29.8 Å². The predicted molar refractivity (Wildman–Crippen MR) is 56.0 cm³/mol. The Morgan fingerprint density at radius 3 is 2.57 bits per heavy atom. The molecule has 1 aliphatic rings. The van der Waals surface area contributed by atoms with E-state index in [0.29, 0.717) is 5.92 Å². The van der Waals surface area contributed by atoms with Gasteiger partial charge in [-0.05, 0) is 19.1 Å². The van der Waals surface area contributed by atoms with Crippen LogP contribution in [0.5, 0.6) is 0 Å². The molecule has 0 heterocycles. The Balaban J connectivity index is 1.84. The van der Waals surface area contributed by atoms with Gasteiger partial charge in [0.2, 0.25) is 0 Å². The molecule has 2 rings (SSSR count). The number of hydrogen-bond acceptors (Lipinski definition) is 1.